The third-order valence-corrected chi connectivity index (χ3v) is 19.3. The van der Waals surface area contributed by atoms with Crippen LogP contribution in [0.4, 0.5) is 0 Å². The third-order valence-electron chi connectivity index (χ3n) is 19.3. The van der Waals surface area contributed by atoms with E-state index in [0.717, 1.165) is 44.9 Å². The molecule has 8 aliphatic rings. The number of carbonyl (C=O) groups excluding carboxylic acids is 1. The lowest BCUT2D eigenvalue weighted by atomic mass is 9.33. The zero-order valence-electron chi connectivity index (χ0n) is 39.5. The van der Waals surface area contributed by atoms with E-state index in [2.05, 4.69) is 54.5 Å². The summed E-state index contributed by atoms with van der Waals surface area (Å²) in [5, 5.41) is 115. The number of aliphatic hydroxyl groups excluding tert-OH is 11. The number of carbonyl (C=O) groups is 1. The molecule has 23 atom stereocenters. The Labute approximate surface area is 387 Å². The fraction of sp³-hybridized carbons (Fsp3) is 0.938. The van der Waals surface area contributed by atoms with Crippen LogP contribution in [0.25, 0.3) is 0 Å². The normalized spacial score (nSPS) is 53.3. The van der Waals surface area contributed by atoms with E-state index in [1.165, 1.54) is 5.57 Å². The second-order valence-corrected chi connectivity index (χ2v) is 23.5. The van der Waals surface area contributed by atoms with Gasteiger partial charge in [-0.25, -0.2) is 0 Å². The standard InChI is InChI=1S/C48H78O18/c1-43(2)14-16-48(42(60)66-41-36(58)33(55)31(53)25(20-50)62-41)17-15-46(6)22(23(48)18-43)8-9-28-45(5)12-11-29(44(3,4)27(45)10-13-47(28,46)7)64-39-37(59)34(56)38(26(21-51)63-39)65-40-35(57)32(54)30(52)24(19-49)61-40/h8,23-41,49-59H,9-21H2,1-7H3/t23-,24+,25+,26+,27-,28+,29-,30-,31+,32-,33-,34+,35+,36+,37+,38+,39-,40-,41-,45+,46+,47+,48-/m0/s1. The first-order chi connectivity index (χ1) is 30.9. The van der Waals surface area contributed by atoms with Crippen LogP contribution in [0.1, 0.15) is 113 Å². The summed E-state index contributed by atoms with van der Waals surface area (Å²) in [6, 6.07) is 0. The largest absolute Gasteiger partial charge is 0.432 e. The van der Waals surface area contributed by atoms with Crippen molar-refractivity contribution in [2.45, 2.75) is 211 Å². The van der Waals surface area contributed by atoms with Gasteiger partial charge in [-0.05, 0) is 109 Å². The van der Waals surface area contributed by atoms with E-state index in [1.54, 1.807) is 0 Å². The smallest absolute Gasteiger partial charge is 0.315 e. The molecular weight excluding hydrogens is 865 g/mol. The van der Waals surface area contributed by atoms with E-state index in [0.29, 0.717) is 19.3 Å². The highest BCUT2D eigenvalue weighted by Gasteiger charge is 2.70. The molecule has 18 nitrogen and oxygen atoms in total. The maximum absolute atomic E-state index is 14.7. The average Bonchev–Trinajstić information content (AvgIpc) is 3.27. The summed E-state index contributed by atoms with van der Waals surface area (Å²) in [5.41, 5.74) is -0.613. The monoisotopic (exact) mass is 943 g/mol. The van der Waals surface area contributed by atoms with Crippen LogP contribution >= 0.6 is 0 Å². The Morgan fingerprint density at radius 3 is 1.77 bits per heavy atom. The van der Waals surface area contributed by atoms with Crippen molar-refractivity contribution in [1.82, 2.24) is 0 Å². The van der Waals surface area contributed by atoms with Gasteiger partial charge in [0.2, 0.25) is 6.29 Å². The summed E-state index contributed by atoms with van der Waals surface area (Å²) in [7, 11) is 0. The highest BCUT2D eigenvalue weighted by atomic mass is 16.7. The zero-order valence-corrected chi connectivity index (χ0v) is 39.5. The first kappa shape index (κ1) is 50.9. The lowest BCUT2D eigenvalue weighted by Gasteiger charge is -2.71. The van der Waals surface area contributed by atoms with Crippen molar-refractivity contribution in [2.24, 2.45) is 50.2 Å². The number of hydrogen-bond acceptors (Lipinski definition) is 18. The molecule has 0 amide bonds. The minimum atomic E-state index is -1.77. The summed E-state index contributed by atoms with van der Waals surface area (Å²) in [6.07, 6.45) is -13.5. The molecule has 0 unspecified atom stereocenters. The number of fused-ring (bicyclic) bond motifs is 7. The van der Waals surface area contributed by atoms with Gasteiger partial charge in [0.1, 0.15) is 73.2 Å². The SMILES string of the molecule is CC1(C)CC[C@]2(C(=O)O[C@@H]3O[C@H](CO)[C@@H](O)[C@H](O)[C@H]3O)CC[C@]3(C)C(=CC[C@@H]4[C@]5(C)CC[C@H](O[C@@H]6O[C@H](CO)[C@@H](O[C@@H]7O[C@H](CO)[C@H](O)[C@H](O)[C@H]7O)[C@H](O)[C@H]6O)C(C)(C)[C@@H]5CC[C@]43C)[C@@H]2C1. The zero-order chi connectivity index (χ0) is 48.3. The summed E-state index contributed by atoms with van der Waals surface area (Å²) in [5.74, 6) is -0.157. The third kappa shape index (κ3) is 7.87. The van der Waals surface area contributed by atoms with Crippen LogP contribution in [0.15, 0.2) is 11.6 Å². The number of ether oxygens (including phenoxy) is 6. The van der Waals surface area contributed by atoms with E-state index < -0.39 is 135 Å². The maximum atomic E-state index is 14.7. The molecule has 11 N–H and O–H groups in total. The predicted molar refractivity (Wildman–Crippen MR) is 230 cm³/mol. The van der Waals surface area contributed by atoms with Gasteiger partial charge in [0, 0.05) is 0 Å². The molecule has 18 heteroatoms. The lowest BCUT2D eigenvalue weighted by molar-refractivity contribution is -0.368. The van der Waals surface area contributed by atoms with Crippen molar-refractivity contribution in [3.63, 3.8) is 0 Å². The topological polar surface area (TPSA) is 295 Å². The van der Waals surface area contributed by atoms with Gasteiger partial charge in [0.15, 0.2) is 12.6 Å². The Morgan fingerprint density at radius 1 is 0.606 bits per heavy atom. The van der Waals surface area contributed by atoms with Crippen molar-refractivity contribution >= 4 is 5.97 Å². The summed E-state index contributed by atoms with van der Waals surface area (Å²) >= 11 is 0. The molecule has 5 aliphatic carbocycles. The molecule has 0 bridgehead atoms. The summed E-state index contributed by atoms with van der Waals surface area (Å²) in [6.45, 7) is 14.1. The molecule has 378 valence electrons. The average molecular weight is 943 g/mol. The molecule has 0 aromatic carbocycles. The molecular formula is C48H78O18. The first-order valence-electron chi connectivity index (χ1n) is 24.3. The second kappa shape index (κ2) is 18.0. The molecule has 0 aromatic heterocycles. The van der Waals surface area contributed by atoms with E-state index in [-0.39, 0.29) is 39.4 Å². The molecule has 8 rings (SSSR count). The molecule has 0 spiro atoms. The van der Waals surface area contributed by atoms with Gasteiger partial charge in [-0.2, -0.15) is 0 Å². The fourth-order valence-electron chi connectivity index (χ4n) is 15.0. The molecule has 4 saturated carbocycles. The van der Waals surface area contributed by atoms with E-state index in [9.17, 15) is 61.0 Å². The van der Waals surface area contributed by atoms with E-state index >= 15 is 0 Å². The predicted octanol–water partition coefficient (Wildman–Crippen LogP) is 0.141. The van der Waals surface area contributed by atoms with Crippen LogP contribution in [0.2, 0.25) is 0 Å². The quantitative estimate of drug-likeness (QED) is 0.0833. The van der Waals surface area contributed by atoms with Crippen LogP contribution in [-0.2, 0) is 33.2 Å². The summed E-state index contributed by atoms with van der Waals surface area (Å²) < 4.78 is 35.6. The molecule has 7 fully saturated rings. The maximum Gasteiger partial charge on any atom is 0.315 e. The van der Waals surface area contributed by atoms with Gasteiger partial charge in [-0.3, -0.25) is 4.79 Å². The lowest BCUT2D eigenvalue weighted by Crippen LogP contribution is -2.67. The van der Waals surface area contributed by atoms with Crippen LogP contribution in [-0.4, -0.2) is 180 Å². The van der Waals surface area contributed by atoms with Gasteiger partial charge in [0.25, 0.3) is 0 Å². The van der Waals surface area contributed by atoms with Gasteiger partial charge in [-0.15, -0.1) is 0 Å². The number of hydrogen-bond donors (Lipinski definition) is 11. The molecule has 0 aromatic rings. The van der Waals surface area contributed by atoms with Crippen molar-refractivity contribution in [3.8, 4) is 0 Å². The van der Waals surface area contributed by atoms with Gasteiger partial charge < -0.3 is 84.6 Å². The Hall–Kier alpha value is -1.43. The van der Waals surface area contributed by atoms with Crippen molar-refractivity contribution in [2.75, 3.05) is 19.8 Å². The van der Waals surface area contributed by atoms with Crippen LogP contribution in [0.3, 0.4) is 0 Å². The minimum Gasteiger partial charge on any atom is -0.432 e. The Bertz CT molecular complexity index is 1790. The Morgan fingerprint density at radius 2 is 1.15 bits per heavy atom. The molecule has 3 saturated heterocycles. The van der Waals surface area contributed by atoms with Crippen molar-refractivity contribution in [3.05, 3.63) is 11.6 Å². The highest BCUT2D eigenvalue weighted by Crippen LogP contribution is 2.76. The number of rotatable bonds is 9. The summed E-state index contributed by atoms with van der Waals surface area (Å²) in [4.78, 5) is 14.7. The Balaban J connectivity index is 0.998. The first-order valence-corrected chi connectivity index (χ1v) is 24.3. The molecule has 0 radical (unpaired) electrons. The van der Waals surface area contributed by atoms with Crippen LogP contribution in [0, 0.1) is 50.2 Å². The van der Waals surface area contributed by atoms with E-state index in [4.69, 9.17) is 28.4 Å². The van der Waals surface area contributed by atoms with Gasteiger partial charge in [-0.1, -0.05) is 60.1 Å². The second-order valence-electron chi connectivity index (χ2n) is 23.5. The van der Waals surface area contributed by atoms with Crippen LogP contribution < -0.4 is 0 Å². The van der Waals surface area contributed by atoms with Gasteiger partial charge in [0.05, 0.1) is 31.3 Å². The molecule has 3 heterocycles. The number of aliphatic hydroxyl groups is 11. The highest BCUT2D eigenvalue weighted by molar-refractivity contribution is 5.79. The fourth-order valence-corrected chi connectivity index (χ4v) is 15.0. The van der Waals surface area contributed by atoms with Crippen LogP contribution in [0.5, 0.6) is 0 Å². The van der Waals surface area contributed by atoms with Gasteiger partial charge >= 0.3 is 5.97 Å². The number of allylic oxidation sites excluding steroid dienone is 2. The van der Waals surface area contributed by atoms with E-state index in [1.807, 2.05) is 0 Å². The Kier molecular flexibility index (Phi) is 13.9. The minimum absolute atomic E-state index is 0.0540. The number of esters is 1. The molecule has 66 heavy (non-hydrogen) atoms. The molecule has 3 aliphatic heterocycles. The van der Waals surface area contributed by atoms with Crippen molar-refractivity contribution < 1.29 is 89.4 Å². The van der Waals surface area contributed by atoms with Crippen molar-refractivity contribution in [1.29, 1.82) is 0 Å².